The molecule has 0 bridgehead atoms. The molecule has 1 aromatic heterocycles. The van der Waals surface area contributed by atoms with Gasteiger partial charge in [-0.25, -0.2) is 4.79 Å². The molecule has 6 heteroatoms. The Hall–Kier alpha value is -2.37. The number of aromatic nitrogens is 3. The predicted octanol–water partition coefficient (Wildman–Crippen LogP) is 1.82. The highest BCUT2D eigenvalue weighted by molar-refractivity contribution is 6.30. The summed E-state index contributed by atoms with van der Waals surface area (Å²) in [5, 5.41) is 3.78. The summed E-state index contributed by atoms with van der Waals surface area (Å²) in [6.45, 7) is 0. The summed E-state index contributed by atoms with van der Waals surface area (Å²) >= 11 is 5.88. The second kappa shape index (κ2) is 4.87. The van der Waals surface area contributed by atoms with Crippen molar-refractivity contribution in [1.29, 1.82) is 0 Å². The molecule has 4 rings (SSSR count). The Morgan fingerprint density at radius 2 is 1.81 bits per heavy atom. The number of aromatic amines is 1. The second-order valence-corrected chi connectivity index (χ2v) is 5.24. The number of hydrogen-bond donors (Lipinski definition) is 1. The van der Waals surface area contributed by atoms with Crippen molar-refractivity contribution in [2.45, 2.75) is 6.42 Å². The van der Waals surface area contributed by atoms with Gasteiger partial charge in [0.1, 0.15) is 0 Å². The van der Waals surface area contributed by atoms with Crippen molar-refractivity contribution in [1.82, 2.24) is 9.90 Å². The zero-order valence-electron chi connectivity index (χ0n) is 11.0. The number of fused-ring (bicyclic) bond motifs is 3. The van der Waals surface area contributed by atoms with Crippen molar-refractivity contribution < 1.29 is 10.2 Å². The lowest BCUT2D eigenvalue weighted by atomic mass is 10.1. The lowest BCUT2D eigenvalue weighted by molar-refractivity contribution is -0.662. The molecule has 0 fully saturated rings. The van der Waals surface area contributed by atoms with Crippen molar-refractivity contribution in [2.75, 3.05) is 0 Å². The number of nitrogens with zero attached hydrogens (tertiary/aromatic N) is 2. The fraction of sp³-hybridized carbons (Fsp3) is 0.0667. The molecule has 0 saturated heterocycles. The molecule has 2 heterocycles. The summed E-state index contributed by atoms with van der Waals surface area (Å²) in [7, 11) is 0. The van der Waals surface area contributed by atoms with E-state index < -0.39 is 0 Å². The minimum Gasteiger partial charge on any atom is -0.870 e. The molecule has 0 aliphatic carbocycles. The van der Waals surface area contributed by atoms with Gasteiger partial charge in [-0.2, -0.15) is 0 Å². The summed E-state index contributed by atoms with van der Waals surface area (Å²) in [4.78, 5) is 12.5. The molecule has 2 N–H and O–H groups in total. The maximum atomic E-state index is 12.5. The zero-order valence-corrected chi connectivity index (χ0v) is 11.7. The third kappa shape index (κ3) is 1.98. The quantitative estimate of drug-likeness (QED) is 0.545. The summed E-state index contributed by atoms with van der Waals surface area (Å²) in [5.41, 5.74) is 3.70. The molecule has 1 aliphatic heterocycles. The van der Waals surface area contributed by atoms with E-state index in [4.69, 9.17) is 11.6 Å². The van der Waals surface area contributed by atoms with Crippen LogP contribution in [0.3, 0.4) is 0 Å². The number of nitrogens with one attached hydrogen (secondary N) is 1. The smallest absolute Gasteiger partial charge is 0.402 e. The van der Waals surface area contributed by atoms with Gasteiger partial charge in [-0.05, 0) is 30.3 Å². The van der Waals surface area contributed by atoms with Crippen LogP contribution in [-0.4, -0.2) is 15.4 Å². The summed E-state index contributed by atoms with van der Waals surface area (Å²) in [5.74, 6) is 0. The Bertz CT molecular complexity index is 865. The Kier molecular flexibility index (Phi) is 3.16. The van der Waals surface area contributed by atoms with Gasteiger partial charge >= 0.3 is 5.56 Å². The van der Waals surface area contributed by atoms with Crippen LogP contribution in [-0.2, 0) is 6.42 Å². The minimum atomic E-state index is -0.0245. The van der Waals surface area contributed by atoms with Crippen molar-refractivity contribution in [3.63, 3.8) is 0 Å². The first-order valence-corrected chi connectivity index (χ1v) is 6.72. The van der Waals surface area contributed by atoms with E-state index in [1.165, 1.54) is 5.56 Å². The molecule has 0 unspecified atom stereocenters. The van der Waals surface area contributed by atoms with Crippen LogP contribution < -0.4 is 10.2 Å². The summed E-state index contributed by atoms with van der Waals surface area (Å²) < 4.78 is 3.40. The van der Waals surface area contributed by atoms with Gasteiger partial charge in [-0.3, -0.25) is 0 Å². The first-order chi connectivity index (χ1) is 9.74. The molecule has 5 nitrogen and oxygen atoms in total. The first kappa shape index (κ1) is 13.6. The Labute approximate surface area is 125 Å². The highest BCUT2D eigenvalue weighted by Crippen LogP contribution is 2.18. The molecule has 0 atom stereocenters. The number of benzene rings is 2. The monoisotopic (exact) mass is 301 g/mol. The molecular weight excluding hydrogens is 290 g/mol. The first-order valence-electron chi connectivity index (χ1n) is 6.34. The van der Waals surface area contributed by atoms with E-state index in [0.29, 0.717) is 11.4 Å². The third-order valence-corrected chi connectivity index (χ3v) is 3.85. The van der Waals surface area contributed by atoms with Crippen molar-refractivity contribution in [2.24, 2.45) is 0 Å². The minimum absolute atomic E-state index is 0. The summed E-state index contributed by atoms with van der Waals surface area (Å²) in [6.07, 6.45) is 0.659. The largest absolute Gasteiger partial charge is 0.870 e. The van der Waals surface area contributed by atoms with Crippen LogP contribution in [0.1, 0.15) is 11.3 Å². The standard InChI is InChI=1S/C15H10ClN3O.H2O/c16-11-5-7-12(8-6-11)18-15(20)14-9-10-3-1-2-4-13(10)19(14)17-18;/h1-8H,9H2;1H2. The highest BCUT2D eigenvalue weighted by Gasteiger charge is 2.31. The zero-order chi connectivity index (χ0) is 13.7. The van der Waals surface area contributed by atoms with Crippen LogP contribution in [0.4, 0.5) is 0 Å². The van der Waals surface area contributed by atoms with Gasteiger partial charge in [0, 0.05) is 17.0 Å². The number of halogens is 1. The maximum absolute atomic E-state index is 12.5. The molecule has 0 saturated carbocycles. The third-order valence-electron chi connectivity index (χ3n) is 3.60. The predicted molar refractivity (Wildman–Crippen MR) is 77.7 cm³/mol. The average molecular weight is 302 g/mol. The van der Waals surface area contributed by atoms with Crippen molar-refractivity contribution in [3.8, 4) is 11.4 Å². The van der Waals surface area contributed by atoms with E-state index in [-0.39, 0.29) is 11.0 Å². The van der Waals surface area contributed by atoms with Crippen LogP contribution in [0.2, 0.25) is 5.02 Å². The molecule has 0 amide bonds. The lowest BCUT2D eigenvalue weighted by Gasteiger charge is -1.97. The lowest BCUT2D eigenvalue weighted by Crippen LogP contribution is -2.34. The molecule has 0 radical (unpaired) electrons. The normalized spacial score (nSPS) is 11.7. The van der Waals surface area contributed by atoms with Crippen LogP contribution >= 0.6 is 11.6 Å². The fourth-order valence-corrected chi connectivity index (χ4v) is 2.73. The van der Waals surface area contributed by atoms with Gasteiger partial charge in [0.05, 0.1) is 0 Å². The van der Waals surface area contributed by atoms with Gasteiger partial charge in [-0.1, -0.05) is 39.7 Å². The van der Waals surface area contributed by atoms with Gasteiger partial charge in [-0.15, -0.1) is 4.68 Å². The van der Waals surface area contributed by atoms with Gasteiger partial charge in [0.25, 0.3) is 0 Å². The number of rotatable bonds is 1. The SMILES string of the molecule is O=c1c2[n+]([nH]n1-c1ccc(Cl)cc1)-c1ccccc1C2.[OH-]. The summed E-state index contributed by atoms with van der Waals surface area (Å²) in [6, 6.07) is 15.2. The Morgan fingerprint density at radius 1 is 1.10 bits per heavy atom. The fourth-order valence-electron chi connectivity index (χ4n) is 2.61. The van der Waals surface area contributed by atoms with E-state index in [9.17, 15) is 4.79 Å². The van der Waals surface area contributed by atoms with Gasteiger partial charge in [0.15, 0.2) is 11.4 Å². The average Bonchev–Trinajstić information content (AvgIpc) is 2.98. The molecule has 1 aliphatic rings. The number of para-hydroxylation sites is 1. The Balaban J connectivity index is 0.00000132. The molecule has 3 aromatic rings. The molecular formula is C15H12ClN3O2. The number of hydrogen-bond acceptors (Lipinski definition) is 2. The number of H-pyrrole nitrogens is 1. The Morgan fingerprint density at radius 3 is 2.57 bits per heavy atom. The van der Waals surface area contributed by atoms with Crippen LogP contribution in [0.25, 0.3) is 11.4 Å². The van der Waals surface area contributed by atoms with Gasteiger partial charge in [0.2, 0.25) is 5.69 Å². The van der Waals surface area contributed by atoms with Crippen molar-refractivity contribution >= 4 is 11.6 Å². The van der Waals surface area contributed by atoms with E-state index >= 15 is 0 Å². The van der Waals surface area contributed by atoms with Gasteiger partial charge < -0.3 is 5.48 Å². The molecule has 2 aromatic carbocycles. The molecule has 0 spiro atoms. The highest BCUT2D eigenvalue weighted by atomic mass is 35.5. The topological polar surface area (TPSA) is 71.7 Å². The van der Waals surface area contributed by atoms with E-state index in [0.717, 1.165) is 17.1 Å². The van der Waals surface area contributed by atoms with E-state index in [1.54, 1.807) is 16.8 Å². The second-order valence-electron chi connectivity index (χ2n) is 4.80. The van der Waals surface area contributed by atoms with Crippen LogP contribution in [0, 0.1) is 0 Å². The maximum Gasteiger partial charge on any atom is 0.402 e. The van der Waals surface area contributed by atoms with Crippen LogP contribution in [0.5, 0.6) is 0 Å². The molecule has 106 valence electrons. The van der Waals surface area contributed by atoms with Crippen LogP contribution in [0.15, 0.2) is 53.3 Å². The molecule has 21 heavy (non-hydrogen) atoms. The van der Waals surface area contributed by atoms with Crippen molar-refractivity contribution in [3.05, 3.63) is 75.2 Å². The van der Waals surface area contributed by atoms with E-state index in [2.05, 4.69) is 5.21 Å². The van der Waals surface area contributed by atoms with E-state index in [1.807, 2.05) is 41.1 Å².